The van der Waals surface area contributed by atoms with Crippen molar-refractivity contribution in [1.29, 1.82) is 0 Å². The van der Waals surface area contributed by atoms with Crippen molar-refractivity contribution in [1.82, 2.24) is 0 Å². The van der Waals surface area contributed by atoms with Gasteiger partial charge < -0.3 is 9.16 Å². The number of hydrogen-bond donors (Lipinski definition) is 0. The predicted molar refractivity (Wildman–Crippen MR) is 117 cm³/mol. The molecule has 0 atom stereocenters. The van der Waals surface area contributed by atoms with Gasteiger partial charge in [-0.05, 0) is 35.2 Å². The molecule has 0 spiro atoms. The van der Waals surface area contributed by atoms with Crippen LogP contribution in [0, 0.1) is 5.41 Å². The summed E-state index contributed by atoms with van der Waals surface area (Å²) in [6.45, 7) is 8.47. The molecule has 0 aliphatic heterocycles. The number of carbonyl (C=O) groups is 2. The summed E-state index contributed by atoms with van der Waals surface area (Å²) in [5.74, 6) is -0.569. The average Bonchev–Trinajstić information content (AvgIpc) is 3.51. The number of ether oxygens (including phenoxy) is 1. The minimum Gasteiger partial charge on any atom is -0.465 e. The summed E-state index contributed by atoms with van der Waals surface area (Å²) in [6, 6.07) is 20.4. The van der Waals surface area contributed by atoms with Gasteiger partial charge in [-0.15, -0.1) is 0 Å². The van der Waals surface area contributed by atoms with Crippen molar-refractivity contribution in [2.75, 3.05) is 13.2 Å². The molecular weight excluding hydrogens is 380 g/mol. The Hall–Kier alpha value is -2.24. The third kappa shape index (κ3) is 3.94. The van der Waals surface area contributed by atoms with E-state index in [9.17, 15) is 9.59 Å². The Kier molecular flexibility index (Phi) is 6.10. The molecule has 0 unspecified atom stereocenters. The highest BCUT2D eigenvalue weighted by molar-refractivity contribution is 6.99. The van der Waals surface area contributed by atoms with E-state index in [4.69, 9.17) is 9.16 Å². The largest absolute Gasteiger partial charge is 0.465 e. The van der Waals surface area contributed by atoms with E-state index in [1.807, 2.05) is 36.4 Å². The first-order valence-corrected chi connectivity index (χ1v) is 12.1. The molecule has 0 saturated heterocycles. The number of carbonyl (C=O) groups excluding carboxylic acids is 2. The van der Waals surface area contributed by atoms with Gasteiger partial charge in [0.25, 0.3) is 8.32 Å². The average molecular weight is 411 g/mol. The highest BCUT2D eigenvalue weighted by atomic mass is 28.4. The first-order valence-electron chi connectivity index (χ1n) is 10.2. The molecule has 0 radical (unpaired) electrons. The van der Waals surface area contributed by atoms with Gasteiger partial charge in [0.05, 0.1) is 13.2 Å². The molecule has 0 bridgehead atoms. The monoisotopic (exact) mass is 410 g/mol. The Labute approximate surface area is 174 Å². The Balaban J connectivity index is 1.99. The standard InChI is InChI=1S/C24H30O4Si/c1-5-27-22(26)24(16-17-24)21(25)18-28-29(23(2,3)4,19-12-8-6-9-13-19)20-14-10-7-11-15-20/h6-15H,5,16-18H2,1-4H3. The van der Waals surface area contributed by atoms with Crippen LogP contribution in [0.1, 0.15) is 40.5 Å². The second kappa shape index (κ2) is 8.25. The molecule has 3 rings (SSSR count). The molecule has 1 saturated carbocycles. The summed E-state index contributed by atoms with van der Waals surface area (Å²) < 4.78 is 11.8. The van der Waals surface area contributed by atoms with Crippen LogP contribution >= 0.6 is 0 Å². The fourth-order valence-corrected chi connectivity index (χ4v) is 8.57. The van der Waals surface area contributed by atoms with Gasteiger partial charge in [0.15, 0.2) is 5.78 Å². The molecule has 1 aliphatic carbocycles. The molecule has 2 aromatic rings. The van der Waals surface area contributed by atoms with Crippen LogP contribution in [0.15, 0.2) is 60.7 Å². The normalized spacial score (nSPS) is 15.6. The maximum atomic E-state index is 13.1. The van der Waals surface area contributed by atoms with Crippen molar-refractivity contribution in [2.45, 2.75) is 45.6 Å². The molecule has 2 aromatic carbocycles. The Morgan fingerprint density at radius 1 is 0.931 bits per heavy atom. The van der Waals surface area contributed by atoms with Crippen LogP contribution in [-0.2, 0) is 18.8 Å². The van der Waals surface area contributed by atoms with Crippen LogP contribution in [0.3, 0.4) is 0 Å². The fraction of sp³-hybridized carbons (Fsp3) is 0.417. The zero-order valence-corrected chi connectivity index (χ0v) is 18.7. The minimum absolute atomic E-state index is 0.0773. The number of rotatable bonds is 8. The highest BCUT2D eigenvalue weighted by Crippen LogP contribution is 2.48. The van der Waals surface area contributed by atoms with Gasteiger partial charge >= 0.3 is 5.97 Å². The van der Waals surface area contributed by atoms with Crippen molar-refractivity contribution in [3.63, 3.8) is 0 Å². The molecule has 29 heavy (non-hydrogen) atoms. The van der Waals surface area contributed by atoms with Crippen LogP contribution in [0.25, 0.3) is 0 Å². The minimum atomic E-state index is -2.79. The van der Waals surface area contributed by atoms with Gasteiger partial charge in [-0.25, -0.2) is 0 Å². The number of esters is 1. The van der Waals surface area contributed by atoms with Crippen molar-refractivity contribution in [3.05, 3.63) is 60.7 Å². The lowest BCUT2D eigenvalue weighted by Gasteiger charge is -2.43. The summed E-state index contributed by atoms with van der Waals surface area (Å²) in [7, 11) is -2.79. The third-order valence-corrected chi connectivity index (χ3v) is 10.8. The smallest absolute Gasteiger partial charge is 0.319 e. The van der Waals surface area contributed by atoms with Gasteiger partial charge in [0, 0.05) is 0 Å². The summed E-state index contributed by atoms with van der Waals surface area (Å²) in [4.78, 5) is 25.4. The van der Waals surface area contributed by atoms with Crippen LogP contribution < -0.4 is 10.4 Å². The molecule has 0 amide bonds. The lowest BCUT2D eigenvalue weighted by Crippen LogP contribution is -2.67. The second-order valence-electron chi connectivity index (χ2n) is 8.68. The molecule has 0 N–H and O–H groups in total. The van der Waals surface area contributed by atoms with Crippen LogP contribution in [-0.4, -0.2) is 33.3 Å². The van der Waals surface area contributed by atoms with E-state index >= 15 is 0 Å². The molecule has 1 fully saturated rings. The number of benzene rings is 2. The van der Waals surface area contributed by atoms with Gasteiger partial charge in [-0.2, -0.15) is 0 Å². The van der Waals surface area contributed by atoms with Crippen LogP contribution in [0.2, 0.25) is 5.04 Å². The molecule has 0 aromatic heterocycles. The number of ketones is 1. The first-order chi connectivity index (χ1) is 13.8. The van der Waals surface area contributed by atoms with Gasteiger partial charge in [0.2, 0.25) is 0 Å². The lowest BCUT2D eigenvalue weighted by molar-refractivity contribution is -0.154. The SMILES string of the molecule is CCOC(=O)C1(C(=O)CO[Si](c2ccccc2)(c2ccccc2)C(C)(C)C)CC1. The molecule has 4 nitrogen and oxygen atoms in total. The summed E-state index contributed by atoms with van der Waals surface area (Å²) >= 11 is 0. The second-order valence-corrected chi connectivity index (χ2v) is 13.0. The summed E-state index contributed by atoms with van der Waals surface area (Å²) in [5, 5.41) is 2.02. The highest BCUT2D eigenvalue weighted by Gasteiger charge is 2.58. The lowest BCUT2D eigenvalue weighted by atomic mass is 10.0. The van der Waals surface area contributed by atoms with Gasteiger partial charge in [-0.3, -0.25) is 9.59 Å². The first kappa shape index (κ1) is 21.5. The Morgan fingerprint density at radius 2 is 1.41 bits per heavy atom. The van der Waals surface area contributed by atoms with E-state index in [1.165, 1.54) is 0 Å². The molecule has 0 heterocycles. The fourth-order valence-electron chi connectivity index (χ4n) is 4.06. The zero-order chi connectivity index (χ0) is 21.1. The number of hydrogen-bond acceptors (Lipinski definition) is 4. The van der Waals surface area contributed by atoms with E-state index < -0.39 is 19.7 Å². The van der Waals surface area contributed by atoms with Crippen LogP contribution in [0.4, 0.5) is 0 Å². The predicted octanol–water partition coefficient (Wildman–Crippen LogP) is 3.48. The third-order valence-electron chi connectivity index (χ3n) is 5.79. The van der Waals surface area contributed by atoms with Crippen molar-refractivity contribution in [3.8, 4) is 0 Å². The number of Topliss-reactive ketones (excluding diaryl/α,β-unsaturated/α-hetero) is 1. The van der Waals surface area contributed by atoms with Crippen molar-refractivity contribution < 1.29 is 18.8 Å². The summed E-state index contributed by atoms with van der Waals surface area (Å²) in [5.41, 5.74) is -0.999. The van der Waals surface area contributed by atoms with Gasteiger partial charge in [0.1, 0.15) is 5.41 Å². The van der Waals surface area contributed by atoms with E-state index in [1.54, 1.807) is 6.92 Å². The molecular formula is C24H30O4Si. The van der Waals surface area contributed by atoms with Crippen molar-refractivity contribution in [2.24, 2.45) is 5.41 Å². The van der Waals surface area contributed by atoms with E-state index in [-0.39, 0.29) is 24.0 Å². The quantitative estimate of drug-likeness (QED) is 0.380. The van der Waals surface area contributed by atoms with E-state index in [2.05, 4.69) is 45.0 Å². The molecule has 154 valence electrons. The molecule has 1 aliphatic rings. The molecule has 5 heteroatoms. The summed E-state index contributed by atoms with van der Waals surface area (Å²) in [6.07, 6.45) is 1.10. The van der Waals surface area contributed by atoms with E-state index in [0.29, 0.717) is 12.8 Å². The van der Waals surface area contributed by atoms with Gasteiger partial charge in [-0.1, -0.05) is 81.4 Å². The zero-order valence-electron chi connectivity index (χ0n) is 17.7. The Bertz CT molecular complexity index is 812. The maximum absolute atomic E-state index is 13.1. The Morgan fingerprint density at radius 3 is 1.79 bits per heavy atom. The topological polar surface area (TPSA) is 52.6 Å². The maximum Gasteiger partial charge on any atom is 0.319 e. The van der Waals surface area contributed by atoms with Crippen LogP contribution in [0.5, 0.6) is 0 Å². The van der Waals surface area contributed by atoms with Crippen molar-refractivity contribution >= 4 is 30.4 Å². The van der Waals surface area contributed by atoms with E-state index in [0.717, 1.165) is 10.4 Å².